The van der Waals surface area contributed by atoms with Gasteiger partial charge in [0.25, 0.3) is 0 Å². The van der Waals surface area contributed by atoms with Crippen molar-refractivity contribution in [2.45, 2.75) is 32.3 Å². The summed E-state index contributed by atoms with van der Waals surface area (Å²) in [7, 11) is 0. The summed E-state index contributed by atoms with van der Waals surface area (Å²) >= 11 is 0. The minimum Gasteiger partial charge on any atom is -0.462 e. The van der Waals surface area contributed by atoms with Crippen molar-refractivity contribution in [2.75, 3.05) is 6.61 Å². The number of carbonyl (C=O) groups excluding carboxylic acids is 1. The lowest BCUT2D eigenvalue weighted by Gasteiger charge is -2.16. The Morgan fingerprint density at radius 3 is 2.50 bits per heavy atom. The summed E-state index contributed by atoms with van der Waals surface area (Å²) in [6.45, 7) is 3.83. The first-order chi connectivity index (χ1) is 7.49. The van der Waals surface area contributed by atoms with Crippen LogP contribution in [0.1, 0.15) is 37.0 Å². The molecule has 0 fully saturated rings. The van der Waals surface area contributed by atoms with Gasteiger partial charge in [-0.3, -0.25) is 0 Å². The van der Waals surface area contributed by atoms with Crippen molar-refractivity contribution < 1.29 is 14.6 Å². The molecule has 0 aromatic heterocycles. The summed E-state index contributed by atoms with van der Waals surface area (Å²) in [4.78, 5) is 11.5. The van der Waals surface area contributed by atoms with Crippen LogP contribution in [-0.4, -0.2) is 23.3 Å². The monoisotopic (exact) mass is 222 g/mol. The Balaban J connectivity index is 2.27. The standard InChI is InChI=1S/C13H18O3/c1-13(2,15)9-6-10-16-12(14)11-7-4-3-5-8-11/h3-5,7-8,15H,6,9-10H2,1-2H3. The smallest absolute Gasteiger partial charge is 0.338 e. The van der Waals surface area contributed by atoms with E-state index in [2.05, 4.69) is 0 Å². The lowest BCUT2D eigenvalue weighted by atomic mass is 10.0. The fourth-order valence-electron chi connectivity index (χ4n) is 1.33. The van der Waals surface area contributed by atoms with Crippen LogP contribution >= 0.6 is 0 Å². The van der Waals surface area contributed by atoms with E-state index in [0.717, 1.165) is 0 Å². The van der Waals surface area contributed by atoms with Gasteiger partial charge >= 0.3 is 5.97 Å². The lowest BCUT2D eigenvalue weighted by molar-refractivity contribution is 0.0386. The Labute approximate surface area is 96.1 Å². The molecule has 0 amide bonds. The third kappa shape index (κ3) is 4.94. The normalized spacial score (nSPS) is 11.2. The first-order valence-electron chi connectivity index (χ1n) is 5.43. The number of aliphatic hydroxyl groups is 1. The van der Waals surface area contributed by atoms with Crippen LogP contribution in [0.15, 0.2) is 30.3 Å². The number of hydrogen-bond acceptors (Lipinski definition) is 3. The SMILES string of the molecule is CC(C)(O)CCCOC(=O)c1ccccc1. The Kier molecular flexibility index (Phi) is 4.50. The maximum atomic E-state index is 11.5. The Morgan fingerprint density at radius 2 is 1.94 bits per heavy atom. The summed E-state index contributed by atoms with van der Waals surface area (Å²) in [6, 6.07) is 8.89. The molecule has 1 aromatic rings. The largest absolute Gasteiger partial charge is 0.462 e. The highest BCUT2D eigenvalue weighted by atomic mass is 16.5. The van der Waals surface area contributed by atoms with E-state index in [0.29, 0.717) is 25.0 Å². The maximum absolute atomic E-state index is 11.5. The van der Waals surface area contributed by atoms with Crippen LogP contribution in [-0.2, 0) is 4.74 Å². The van der Waals surface area contributed by atoms with Gasteiger partial charge in [0.05, 0.1) is 17.8 Å². The van der Waals surface area contributed by atoms with Crippen molar-refractivity contribution in [1.29, 1.82) is 0 Å². The predicted molar refractivity (Wildman–Crippen MR) is 62.3 cm³/mol. The quantitative estimate of drug-likeness (QED) is 0.614. The zero-order valence-electron chi connectivity index (χ0n) is 9.77. The van der Waals surface area contributed by atoms with E-state index in [1.54, 1.807) is 38.1 Å². The van der Waals surface area contributed by atoms with E-state index in [9.17, 15) is 9.90 Å². The molecule has 0 radical (unpaired) electrons. The molecule has 0 aliphatic carbocycles. The molecular weight excluding hydrogens is 204 g/mol. The second-order valence-corrected chi connectivity index (χ2v) is 4.42. The molecule has 0 spiro atoms. The number of carbonyl (C=O) groups is 1. The minimum absolute atomic E-state index is 0.309. The van der Waals surface area contributed by atoms with Crippen LogP contribution in [0.3, 0.4) is 0 Å². The van der Waals surface area contributed by atoms with Crippen LogP contribution in [0.5, 0.6) is 0 Å². The fourth-order valence-corrected chi connectivity index (χ4v) is 1.33. The molecule has 0 heterocycles. The van der Waals surface area contributed by atoms with E-state index in [4.69, 9.17) is 4.74 Å². The molecule has 0 unspecified atom stereocenters. The summed E-state index contributed by atoms with van der Waals surface area (Å²) in [6.07, 6.45) is 1.29. The van der Waals surface area contributed by atoms with E-state index in [-0.39, 0.29) is 5.97 Å². The zero-order chi connectivity index (χ0) is 12.0. The number of esters is 1. The fraction of sp³-hybridized carbons (Fsp3) is 0.462. The minimum atomic E-state index is -0.695. The average molecular weight is 222 g/mol. The van der Waals surface area contributed by atoms with E-state index in [1.165, 1.54) is 0 Å². The van der Waals surface area contributed by atoms with Gasteiger partial charge in [-0.15, -0.1) is 0 Å². The highest BCUT2D eigenvalue weighted by Crippen LogP contribution is 2.10. The van der Waals surface area contributed by atoms with Crippen LogP contribution in [0.25, 0.3) is 0 Å². The van der Waals surface area contributed by atoms with Crippen molar-refractivity contribution in [3.8, 4) is 0 Å². The third-order valence-electron chi connectivity index (χ3n) is 2.18. The van der Waals surface area contributed by atoms with Gasteiger partial charge in [-0.05, 0) is 38.8 Å². The molecule has 1 aromatic carbocycles. The lowest BCUT2D eigenvalue weighted by Crippen LogP contribution is -2.19. The van der Waals surface area contributed by atoms with E-state index >= 15 is 0 Å². The summed E-state index contributed by atoms with van der Waals surface area (Å²) in [5.74, 6) is -0.309. The second kappa shape index (κ2) is 5.66. The van der Waals surface area contributed by atoms with Crippen molar-refractivity contribution in [2.24, 2.45) is 0 Å². The van der Waals surface area contributed by atoms with Gasteiger partial charge < -0.3 is 9.84 Å². The van der Waals surface area contributed by atoms with Gasteiger partial charge in [0.2, 0.25) is 0 Å². The third-order valence-corrected chi connectivity index (χ3v) is 2.18. The van der Waals surface area contributed by atoms with Gasteiger partial charge in [0.1, 0.15) is 0 Å². The molecule has 0 saturated heterocycles. The van der Waals surface area contributed by atoms with Crippen LogP contribution in [0.4, 0.5) is 0 Å². The summed E-state index contributed by atoms with van der Waals surface area (Å²) in [5.41, 5.74) is -0.134. The van der Waals surface area contributed by atoms with E-state index in [1.807, 2.05) is 6.07 Å². The van der Waals surface area contributed by atoms with E-state index < -0.39 is 5.60 Å². The maximum Gasteiger partial charge on any atom is 0.338 e. The molecule has 0 aliphatic rings. The van der Waals surface area contributed by atoms with Gasteiger partial charge in [-0.1, -0.05) is 18.2 Å². The second-order valence-electron chi connectivity index (χ2n) is 4.42. The molecule has 1 N–H and O–H groups in total. The molecule has 1 rings (SSSR count). The Morgan fingerprint density at radius 1 is 1.31 bits per heavy atom. The number of ether oxygens (including phenoxy) is 1. The van der Waals surface area contributed by atoms with Crippen molar-refractivity contribution in [1.82, 2.24) is 0 Å². The molecule has 0 aliphatic heterocycles. The number of benzene rings is 1. The number of hydrogen-bond donors (Lipinski definition) is 1. The molecule has 0 bridgehead atoms. The average Bonchev–Trinajstić information content (AvgIpc) is 2.24. The summed E-state index contributed by atoms with van der Waals surface area (Å²) in [5, 5.41) is 9.46. The Hall–Kier alpha value is -1.35. The zero-order valence-corrected chi connectivity index (χ0v) is 9.77. The molecule has 88 valence electrons. The van der Waals surface area contributed by atoms with Gasteiger partial charge in [-0.25, -0.2) is 4.79 Å². The van der Waals surface area contributed by atoms with Crippen LogP contribution < -0.4 is 0 Å². The predicted octanol–water partition coefficient (Wildman–Crippen LogP) is 2.39. The molecule has 0 saturated carbocycles. The van der Waals surface area contributed by atoms with Crippen molar-refractivity contribution in [3.63, 3.8) is 0 Å². The molecule has 16 heavy (non-hydrogen) atoms. The Bertz CT molecular complexity index is 325. The highest BCUT2D eigenvalue weighted by molar-refractivity contribution is 5.89. The molecule has 3 heteroatoms. The molecular formula is C13H18O3. The van der Waals surface area contributed by atoms with Gasteiger partial charge in [-0.2, -0.15) is 0 Å². The van der Waals surface area contributed by atoms with Gasteiger partial charge in [0.15, 0.2) is 0 Å². The summed E-state index contributed by atoms with van der Waals surface area (Å²) < 4.78 is 5.07. The van der Waals surface area contributed by atoms with Crippen LogP contribution in [0, 0.1) is 0 Å². The topological polar surface area (TPSA) is 46.5 Å². The van der Waals surface area contributed by atoms with Crippen molar-refractivity contribution >= 4 is 5.97 Å². The highest BCUT2D eigenvalue weighted by Gasteiger charge is 2.12. The molecule has 3 nitrogen and oxygen atoms in total. The first kappa shape index (κ1) is 12.7. The van der Waals surface area contributed by atoms with Crippen molar-refractivity contribution in [3.05, 3.63) is 35.9 Å². The van der Waals surface area contributed by atoms with Crippen LogP contribution in [0.2, 0.25) is 0 Å². The molecule has 0 atom stereocenters. The number of rotatable bonds is 5. The van der Waals surface area contributed by atoms with Gasteiger partial charge in [0, 0.05) is 0 Å². The first-order valence-corrected chi connectivity index (χ1v) is 5.43.